The Kier molecular flexibility index (Phi) is 3.49. The molecule has 1 aromatic carbocycles. The average molecular weight is 236 g/mol. The number of carbonyl (C=O) groups is 1. The third kappa shape index (κ3) is 3.10. The Morgan fingerprint density at radius 2 is 2.06 bits per heavy atom. The van der Waals surface area contributed by atoms with Crippen molar-refractivity contribution in [2.75, 3.05) is 31.2 Å². The van der Waals surface area contributed by atoms with Gasteiger partial charge in [0, 0.05) is 24.8 Å². The minimum atomic E-state index is -0.788. The molecule has 5 heteroatoms. The number of benzene rings is 1. The standard InChI is InChI=1S/C12H16N2O3/c1-9-6-10(14-2-4-16-5-3-14)8-11(7-9)17-12(13)15/h6-8H,2-5H2,1H3,(H2,13,15). The molecule has 0 saturated carbocycles. The predicted octanol–water partition coefficient (Wildman–Crippen LogP) is 1.29. The van der Waals surface area contributed by atoms with E-state index in [9.17, 15) is 4.79 Å². The molecule has 1 fully saturated rings. The van der Waals surface area contributed by atoms with Crippen molar-refractivity contribution in [2.45, 2.75) is 6.92 Å². The molecule has 1 aliphatic rings. The van der Waals surface area contributed by atoms with Crippen LogP contribution in [0.5, 0.6) is 5.75 Å². The zero-order valence-electron chi connectivity index (χ0n) is 9.81. The highest BCUT2D eigenvalue weighted by atomic mass is 16.5. The van der Waals surface area contributed by atoms with Crippen LogP contribution in [0.25, 0.3) is 0 Å². The number of rotatable bonds is 2. The monoisotopic (exact) mass is 236 g/mol. The van der Waals surface area contributed by atoms with Crippen LogP contribution in [0, 0.1) is 6.92 Å². The van der Waals surface area contributed by atoms with E-state index in [4.69, 9.17) is 15.2 Å². The minimum Gasteiger partial charge on any atom is -0.410 e. The number of anilines is 1. The molecule has 0 radical (unpaired) electrons. The van der Waals surface area contributed by atoms with Gasteiger partial charge >= 0.3 is 6.09 Å². The first kappa shape index (κ1) is 11.7. The van der Waals surface area contributed by atoms with Crippen molar-refractivity contribution >= 4 is 11.8 Å². The quantitative estimate of drug-likeness (QED) is 0.840. The highest BCUT2D eigenvalue weighted by Crippen LogP contribution is 2.24. The van der Waals surface area contributed by atoms with Gasteiger partial charge in [-0.1, -0.05) is 0 Å². The molecule has 2 N–H and O–H groups in total. The number of nitrogens with two attached hydrogens (primary N) is 1. The van der Waals surface area contributed by atoms with Crippen LogP contribution in [-0.2, 0) is 4.74 Å². The lowest BCUT2D eigenvalue weighted by atomic mass is 10.2. The molecule has 1 saturated heterocycles. The molecule has 0 aromatic heterocycles. The van der Waals surface area contributed by atoms with E-state index in [-0.39, 0.29) is 0 Å². The summed E-state index contributed by atoms with van der Waals surface area (Å²) in [5, 5.41) is 0. The van der Waals surface area contributed by atoms with Crippen LogP contribution in [0.1, 0.15) is 5.56 Å². The molecule has 0 unspecified atom stereocenters. The molecule has 1 aliphatic heterocycles. The van der Waals surface area contributed by atoms with Gasteiger partial charge < -0.3 is 20.1 Å². The van der Waals surface area contributed by atoms with Crippen LogP contribution in [0.15, 0.2) is 18.2 Å². The summed E-state index contributed by atoms with van der Waals surface area (Å²) in [5.74, 6) is 0.485. The van der Waals surface area contributed by atoms with E-state index in [1.807, 2.05) is 13.0 Å². The minimum absolute atomic E-state index is 0.485. The highest BCUT2D eigenvalue weighted by molar-refractivity contribution is 5.69. The van der Waals surface area contributed by atoms with E-state index in [1.165, 1.54) is 0 Å². The molecular formula is C12H16N2O3. The van der Waals surface area contributed by atoms with Crippen molar-refractivity contribution in [3.05, 3.63) is 23.8 Å². The Morgan fingerprint density at radius 3 is 2.71 bits per heavy atom. The van der Waals surface area contributed by atoms with E-state index in [0.717, 1.165) is 37.6 Å². The van der Waals surface area contributed by atoms with E-state index < -0.39 is 6.09 Å². The first-order valence-electron chi connectivity index (χ1n) is 5.57. The molecule has 17 heavy (non-hydrogen) atoms. The maximum absolute atomic E-state index is 10.7. The van der Waals surface area contributed by atoms with Crippen LogP contribution in [-0.4, -0.2) is 32.4 Å². The number of primary amides is 1. The summed E-state index contributed by atoms with van der Waals surface area (Å²) in [6, 6.07) is 5.66. The smallest absolute Gasteiger partial charge is 0.409 e. The summed E-state index contributed by atoms with van der Waals surface area (Å²) >= 11 is 0. The average Bonchev–Trinajstić information content (AvgIpc) is 2.28. The number of hydrogen-bond acceptors (Lipinski definition) is 4. The molecule has 0 spiro atoms. The Balaban J connectivity index is 2.20. The lowest BCUT2D eigenvalue weighted by molar-refractivity contribution is 0.122. The van der Waals surface area contributed by atoms with Gasteiger partial charge in [-0.25, -0.2) is 4.79 Å². The fourth-order valence-electron chi connectivity index (χ4n) is 1.91. The van der Waals surface area contributed by atoms with Crippen molar-refractivity contribution in [3.8, 4) is 5.75 Å². The SMILES string of the molecule is Cc1cc(OC(N)=O)cc(N2CCOCC2)c1. The van der Waals surface area contributed by atoms with Crippen LogP contribution in [0.2, 0.25) is 0 Å². The van der Waals surface area contributed by atoms with Gasteiger partial charge in [0.1, 0.15) is 5.75 Å². The van der Waals surface area contributed by atoms with Crippen molar-refractivity contribution in [2.24, 2.45) is 5.73 Å². The molecule has 0 atom stereocenters. The summed E-state index contributed by atoms with van der Waals surface area (Å²) in [7, 11) is 0. The van der Waals surface area contributed by atoms with Gasteiger partial charge in [0.05, 0.1) is 13.2 Å². The number of nitrogens with zero attached hydrogens (tertiary/aromatic N) is 1. The zero-order chi connectivity index (χ0) is 12.3. The number of morpholine rings is 1. The zero-order valence-corrected chi connectivity index (χ0v) is 9.81. The summed E-state index contributed by atoms with van der Waals surface area (Å²) in [6.45, 7) is 5.09. The third-order valence-corrected chi connectivity index (χ3v) is 2.63. The normalized spacial score (nSPS) is 15.7. The fraction of sp³-hybridized carbons (Fsp3) is 0.417. The van der Waals surface area contributed by atoms with Crippen molar-refractivity contribution < 1.29 is 14.3 Å². The molecule has 1 aromatic rings. The molecule has 0 aliphatic carbocycles. The molecule has 1 heterocycles. The lowest BCUT2D eigenvalue weighted by Crippen LogP contribution is -2.36. The van der Waals surface area contributed by atoms with Crippen molar-refractivity contribution in [3.63, 3.8) is 0 Å². The van der Waals surface area contributed by atoms with Gasteiger partial charge in [-0.3, -0.25) is 0 Å². The first-order chi connectivity index (χ1) is 8.15. The highest BCUT2D eigenvalue weighted by Gasteiger charge is 2.13. The van der Waals surface area contributed by atoms with Crippen molar-refractivity contribution in [1.29, 1.82) is 0 Å². The van der Waals surface area contributed by atoms with E-state index >= 15 is 0 Å². The van der Waals surface area contributed by atoms with Gasteiger partial charge in [-0.2, -0.15) is 0 Å². The van der Waals surface area contributed by atoms with Gasteiger partial charge in [-0.15, -0.1) is 0 Å². The van der Waals surface area contributed by atoms with Crippen LogP contribution >= 0.6 is 0 Å². The van der Waals surface area contributed by atoms with E-state index in [0.29, 0.717) is 5.75 Å². The van der Waals surface area contributed by atoms with E-state index in [2.05, 4.69) is 11.0 Å². The van der Waals surface area contributed by atoms with Crippen molar-refractivity contribution in [1.82, 2.24) is 0 Å². The third-order valence-electron chi connectivity index (χ3n) is 2.63. The fourth-order valence-corrected chi connectivity index (χ4v) is 1.91. The number of carbonyl (C=O) groups excluding carboxylic acids is 1. The Hall–Kier alpha value is -1.75. The number of amides is 1. The molecule has 2 rings (SSSR count). The van der Waals surface area contributed by atoms with Gasteiger partial charge in [0.2, 0.25) is 0 Å². The second kappa shape index (κ2) is 5.05. The second-order valence-corrected chi connectivity index (χ2v) is 4.02. The first-order valence-corrected chi connectivity index (χ1v) is 5.57. The van der Waals surface area contributed by atoms with Crippen LogP contribution in [0.3, 0.4) is 0 Å². The van der Waals surface area contributed by atoms with E-state index in [1.54, 1.807) is 6.07 Å². The summed E-state index contributed by atoms with van der Waals surface area (Å²) in [4.78, 5) is 12.9. The molecular weight excluding hydrogens is 220 g/mol. The largest absolute Gasteiger partial charge is 0.410 e. The Bertz CT molecular complexity index is 414. The molecule has 5 nitrogen and oxygen atoms in total. The number of ether oxygens (including phenoxy) is 2. The molecule has 92 valence electrons. The predicted molar refractivity (Wildman–Crippen MR) is 64.4 cm³/mol. The molecule has 1 amide bonds. The molecule has 0 bridgehead atoms. The van der Waals surface area contributed by atoms with Gasteiger partial charge in [0.15, 0.2) is 0 Å². The maximum atomic E-state index is 10.7. The van der Waals surface area contributed by atoms with Gasteiger partial charge in [0.25, 0.3) is 0 Å². The number of aryl methyl sites for hydroxylation is 1. The number of hydrogen-bond donors (Lipinski definition) is 1. The Morgan fingerprint density at radius 1 is 1.35 bits per heavy atom. The lowest BCUT2D eigenvalue weighted by Gasteiger charge is -2.29. The van der Waals surface area contributed by atoms with Gasteiger partial charge in [-0.05, 0) is 24.6 Å². The summed E-state index contributed by atoms with van der Waals surface area (Å²) in [6.07, 6.45) is -0.788. The maximum Gasteiger partial charge on any atom is 0.409 e. The Labute approximate surface area is 100 Å². The van der Waals surface area contributed by atoms with Crippen LogP contribution < -0.4 is 15.4 Å². The second-order valence-electron chi connectivity index (χ2n) is 4.02. The van der Waals surface area contributed by atoms with Crippen LogP contribution in [0.4, 0.5) is 10.5 Å². The topological polar surface area (TPSA) is 64.8 Å². The summed E-state index contributed by atoms with van der Waals surface area (Å²) < 4.78 is 10.2. The summed E-state index contributed by atoms with van der Waals surface area (Å²) in [5.41, 5.74) is 7.07.